The zero-order valence-corrected chi connectivity index (χ0v) is 16.3. The van der Waals surface area contributed by atoms with E-state index in [2.05, 4.69) is 32.3 Å². The molecule has 3 aromatic rings. The molecule has 0 aliphatic carbocycles. The lowest BCUT2D eigenvalue weighted by atomic mass is 10.1. The second-order valence-electron chi connectivity index (χ2n) is 6.76. The summed E-state index contributed by atoms with van der Waals surface area (Å²) in [5.74, 6) is 1.01. The normalized spacial score (nSPS) is 13.8. The van der Waals surface area contributed by atoms with E-state index in [4.69, 9.17) is 16.3 Å². The van der Waals surface area contributed by atoms with E-state index in [0.717, 1.165) is 30.8 Å². The summed E-state index contributed by atoms with van der Waals surface area (Å²) in [6, 6.07) is 15.5. The number of hydrogen-bond acceptors (Lipinski definition) is 5. The number of rotatable bonds is 5. The Morgan fingerprint density at radius 3 is 2.86 bits per heavy atom. The van der Waals surface area contributed by atoms with E-state index in [1.54, 1.807) is 25.3 Å². The van der Waals surface area contributed by atoms with Crippen LogP contribution < -0.4 is 15.6 Å². The summed E-state index contributed by atoms with van der Waals surface area (Å²) in [4.78, 5) is 22.4. The van der Waals surface area contributed by atoms with Gasteiger partial charge in [-0.1, -0.05) is 41.9 Å². The minimum atomic E-state index is -0.119. The summed E-state index contributed by atoms with van der Waals surface area (Å²) < 4.78 is 5.34. The third-order valence-electron chi connectivity index (χ3n) is 4.81. The van der Waals surface area contributed by atoms with Crippen molar-refractivity contribution in [2.24, 2.45) is 0 Å². The van der Waals surface area contributed by atoms with Crippen LogP contribution in [0, 0.1) is 0 Å². The fraction of sp³-hybridized carbons (Fsp3) is 0.238. The number of aromatic nitrogens is 2. The summed E-state index contributed by atoms with van der Waals surface area (Å²) >= 11 is 6.08. The van der Waals surface area contributed by atoms with Gasteiger partial charge in [-0.3, -0.25) is 14.7 Å². The van der Waals surface area contributed by atoms with Crippen molar-refractivity contribution in [2.45, 2.75) is 19.5 Å². The average Bonchev–Trinajstić information content (AvgIpc) is 2.69. The van der Waals surface area contributed by atoms with Gasteiger partial charge in [0.1, 0.15) is 5.75 Å². The van der Waals surface area contributed by atoms with Gasteiger partial charge in [-0.15, -0.1) is 0 Å². The molecule has 0 spiro atoms. The molecule has 0 bridgehead atoms. The van der Waals surface area contributed by atoms with Gasteiger partial charge in [0.25, 0.3) is 5.56 Å². The zero-order chi connectivity index (χ0) is 19.5. The number of fused-ring (bicyclic) bond motifs is 1. The van der Waals surface area contributed by atoms with Crippen LogP contribution in [0.4, 0.5) is 11.6 Å². The molecule has 144 valence electrons. The zero-order valence-electron chi connectivity index (χ0n) is 15.5. The average molecular weight is 397 g/mol. The van der Waals surface area contributed by atoms with Crippen LogP contribution in [0.3, 0.4) is 0 Å². The largest absolute Gasteiger partial charge is 0.495 e. The van der Waals surface area contributed by atoms with Gasteiger partial charge in [0.15, 0.2) is 0 Å². The van der Waals surface area contributed by atoms with Gasteiger partial charge >= 0.3 is 0 Å². The molecule has 1 aromatic heterocycles. The molecule has 2 N–H and O–H groups in total. The molecule has 7 heteroatoms. The molecule has 28 heavy (non-hydrogen) atoms. The van der Waals surface area contributed by atoms with Gasteiger partial charge in [-0.05, 0) is 23.8 Å². The maximum atomic E-state index is 12.7. The third-order valence-corrected chi connectivity index (χ3v) is 5.05. The van der Waals surface area contributed by atoms with Crippen molar-refractivity contribution in [1.82, 2.24) is 14.9 Å². The van der Waals surface area contributed by atoms with Crippen LogP contribution in [-0.2, 0) is 19.5 Å². The Morgan fingerprint density at radius 1 is 1.25 bits per heavy atom. The smallest absolute Gasteiger partial charge is 0.257 e. The Kier molecular flexibility index (Phi) is 5.32. The van der Waals surface area contributed by atoms with Crippen molar-refractivity contribution >= 4 is 23.2 Å². The van der Waals surface area contributed by atoms with Crippen LogP contribution in [0.25, 0.3) is 0 Å². The molecule has 0 saturated heterocycles. The number of hydrogen-bond donors (Lipinski definition) is 2. The lowest BCUT2D eigenvalue weighted by Gasteiger charge is -2.27. The van der Waals surface area contributed by atoms with Crippen molar-refractivity contribution < 1.29 is 4.74 Å². The highest BCUT2D eigenvalue weighted by molar-refractivity contribution is 6.31. The maximum Gasteiger partial charge on any atom is 0.257 e. The first kappa shape index (κ1) is 18.5. The van der Waals surface area contributed by atoms with Crippen LogP contribution in [0.2, 0.25) is 5.02 Å². The van der Waals surface area contributed by atoms with E-state index in [0.29, 0.717) is 29.0 Å². The van der Waals surface area contributed by atoms with Crippen molar-refractivity contribution in [3.05, 3.63) is 80.7 Å². The quantitative estimate of drug-likeness (QED) is 0.687. The van der Waals surface area contributed by atoms with E-state index >= 15 is 0 Å². The number of nitrogens with one attached hydrogen (secondary N) is 2. The van der Waals surface area contributed by atoms with Gasteiger partial charge in [0.2, 0.25) is 5.95 Å². The van der Waals surface area contributed by atoms with Gasteiger partial charge in [0, 0.05) is 31.1 Å². The molecule has 0 atom stereocenters. The number of halogens is 1. The van der Waals surface area contributed by atoms with E-state index in [1.807, 2.05) is 18.2 Å². The number of ether oxygens (including phenoxy) is 1. The predicted molar refractivity (Wildman–Crippen MR) is 110 cm³/mol. The summed E-state index contributed by atoms with van der Waals surface area (Å²) in [7, 11) is 1.58. The van der Waals surface area contributed by atoms with Crippen molar-refractivity contribution in [2.75, 3.05) is 19.0 Å². The molecule has 1 aliphatic heterocycles. The molecular formula is C21H21ClN4O2. The Hall–Kier alpha value is -2.83. The van der Waals surface area contributed by atoms with Crippen molar-refractivity contribution in [3.63, 3.8) is 0 Å². The highest BCUT2D eigenvalue weighted by Crippen LogP contribution is 2.29. The topological polar surface area (TPSA) is 70.2 Å². The standard InChI is InChI=1S/C21H21ClN4O2/c1-28-19-8-7-15(22)11-18(19)24-21-23-17-9-10-26(13-16(17)20(27)25-21)12-14-5-3-2-4-6-14/h2-8,11H,9-10,12-13H2,1H3,(H2,23,24,25,27). The Balaban J connectivity index is 1.55. The molecule has 0 fully saturated rings. The monoisotopic (exact) mass is 396 g/mol. The van der Waals surface area contributed by atoms with E-state index < -0.39 is 0 Å². The van der Waals surface area contributed by atoms with Crippen LogP contribution in [0.15, 0.2) is 53.3 Å². The Labute approximate surface area is 168 Å². The number of anilines is 2. The van der Waals surface area contributed by atoms with Gasteiger partial charge in [0.05, 0.1) is 24.1 Å². The molecule has 2 heterocycles. The van der Waals surface area contributed by atoms with Crippen LogP contribution in [-0.4, -0.2) is 28.5 Å². The first-order valence-electron chi connectivity index (χ1n) is 9.11. The van der Waals surface area contributed by atoms with E-state index in [9.17, 15) is 4.79 Å². The second-order valence-corrected chi connectivity index (χ2v) is 7.19. The summed E-state index contributed by atoms with van der Waals surface area (Å²) in [6.45, 7) is 2.27. The third kappa shape index (κ3) is 4.03. The number of aromatic amines is 1. The Morgan fingerprint density at radius 2 is 2.07 bits per heavy atom. The van der Waals surface area contributed by atoms with Gasteiger partial charge in [-0.25, -0.2) is 4.98 Å². The van der Waals surface area contributed by atoms with Crippen LogP contribution in [0.5, 0.6) is 5.75 Å². The number of methoxy groups -OCH3 is 1. The molecule has 6 nitrogen and oxygen atoms in total. The number of H-pyrrole nitrogens is 1. The maximum absolute atomic E-state index is 12.7. The van der Waals surface area contributed by atoms with E-state index in [-0.39, 0.29) is 5.56 Å². The fourth-order valence-electron chi connectivity index (χ4n) is 3.42. The van der Waals surface area contributed by atoms with Crippen LogP contribution >= 0.6 is 11.6 Å². The summed E-state index contributed by atoms with van der Waals surface area (Å²) in [5.41, 5.74) is 3.33. The van der Waals surface area contributed by atoms with Crippen molar-refractivity contribution in [3.8, 4) is 5.75 Å². The van der Waals surface area contributed by atoms with Gasteiger partial charge in [-0.2, -0.15) is 0 Å². The minimum absolute atomic E-state index is 0.119. The second kappa shape index (κ2) is 8.04. The number of nitrogens with zero attached hydrogens (tertiary/aromatic N) is 2. The molecule has 0 unspecified atom stereocenters. The highest BCUT2D eigenvalue weighted by Gasteiger charge is 2.21. The van der Waals surface area contributed by atoms with Crippen LogP contribution in [0.1, 0.15) is 16.8 Å². The van der Waals surface area contributed by atoms with Gasteiger partial charge < -0.3 is 10.1 Å². The van der Waals surface area contributed by atoms with Crippen molar-refractivity contribution in [1.29, 1.82) is 0 Å². The molecular weight excluding hydrogens is 376 g/mol. The summed E-state index contributed by atoms with van der Waals surface area (Å²) in [5, 5.41) is 3.69. The fourth-order valence-corrected chi connectivity index (χ4v) is 3.59. The molecule has 0 radical (unpaired) electrons. The van der Waals surface area contributed by atoms with E-state index in [1.165, 1.54) is 5.56 Å². The SMILES string of the molecule is COc1ccc(Cl)cc1Nc1nc2c(c(=O)[nH]1)CN(Cc1ccccc1)CC2. The number of benzene rings is 2. The molecule has 0 saturated carbocycles. The Bertz CT molecular complexity index is 1040. The molecule has 2 aromatic carbocycles. The molecule has 4 rings (SSSR count). The highest BCUT2D eigenvalue weighted by atomic mass is 35.5. The lowest BCUT2D eigenvalue weighted by molar-refractivity contribution is 0.242. The molecule has 1 aliphatic rings. The lowest BCUT2D eigenvalue weighted by Crippen LogP contribution is -2.35. The first-order chi connectivity index (χ1) is 13.6. The predicted octanol–water partition coefficient (Wildman–Crippen LogP) is 3.73. The molecule has 0 amide bonds. The minimum Gasteiger partial charge on any atom is -0.495 e. The first-order valence-corrected chi connectivity index (χ1v) is 9.49. The summed E-state index contributed by atoms with van der Waals surface area (Å²) in [6.07, 6.45) is 0.730.